The highest BCUT2D eigenvalue weighted by molar-refractivity contribution is 5.96. The molecule has 0 unspecified atom stereocenters. The van der Waals surface area contributed by atoms with Crippen LogP contribution in [0.1, 0.15) is 52.1 Å². The molecule has 1 aliphatic heterocycles. The lowest BCUT2D eigenvalue weighted by Gasteiger charge is -2.28. The third kappa shape index (κ3) is 13.0. The standard InChI is InChI=1S/C29H48N12O8/c1-15(2)23(28(49)37-16(3)24(45)39-19(10-17-12-33-14-36-17)25(46)35-13-22(43)44)40-26(47)18(6-4-8-34-29(31)32)38-27(48)20-7-5-9-41(20)21(42)11-30/h12,14-16,18-20,23H,4-11,13,30H2,1-3H3,(H,33,36)(H,35,46)(H,37,49)(H,38,48)(H,39,45)(H,40,47)(H,43,44)(H4,31,32,34)/t16-,18-,19-,20-,23-/m0/s1. The Balaban J connectivity index is 2.14. The number of aromatic amines is 1. The number of hydrogen-bond acceptors (Lipinski definition) is 10. The van der Waals surface area contributed by atoms with Crippen molar-refractivity contribution in [3.05, 3.63) is 18.2 Å². The minimum absolute atomic E-state index is 0.0438. The fraction of sp³-hybridized carbons (Fsp3) is 0.621. The van der Waals surface area contributed by atoms with E-state index in [1.165, 1.54) is 24.3 Å². The van der Waals surface area contributed by atoms with Gasteiger partial charge in [0.15, 0.2) is 5.96 Å². The molecule has 0 bridgehead atoms. The summed E-state index contributed by atoms with van der Waals surface area (Å²) in [6, 6.07) is -5.48. The van der Waals surface area contributed by atoms with E-state index in [0.29, 0.717) is 31.5 Å². The largest absolute Gasteiger partial charge is 0.480 e. The predicted molar refractivity (Wildman–Crippen MR) is 175 cm³/mol. The maximum Gasteiger partial charge on any atom is 0.322 e. The van der Waals surface area contributed by atoms with E-state index in [-0.39, 0.29) is 31.9 Å². The van der Waals surface area contributed by atoms with Crippen molar-refractivity contribution in [1.82, 2.24) is 41.5 Å². The molecule has 0 aromatic carbocycles. The molecule has 0 spiro atoms. The first kappa shape index (κ1) is 39.9. The van der Waals surface area contributed by atoms with Crippen molar-refractivity contribution in [2.45, 2.75) is 83.1 Å². The van der Waals surface area contributed by atoms with Gasteiger partial charge in [-0.2, -0.15) is 0 Å². The zero-order valence-corrected chi connectivity index (χ0v) is 27.9. The number of aliphatic carboxylic acids is 1. The van der Waals surface area contributed by atoms with Crippen molar-refractivity contribution < 1.29 is 38.7 Å². The van der Waals surface area contributed by atoms with Crippen LogP contribution in [0, 0.1) is 5.92 Å². The molecule has 1 fully saturated rings. The molecular formula is C29H48N12O8. The first-order valence-electron chi connectivity index (χ1n) is 15.9. The number of imidazole rings is 1. The number of nitrogens with one attached hydrogen (secondary N) is 6. The number of aliphatic imine (C=N–C) groups is 1. The van der Waals surface area contributed by atoms with Gasteiger partial charge < -0.3 is 58.8 Å². The van der Waals surface area contributed by atoms with Crippen molar-refractivity contribution in [2.75, 3.05) is 26.2 Å². The van der Waals surface area contributed by atoms with Crippen LogP contribution in [0.4, 0.5) is 0 Å². The number of nitrogens with two attached hydrogens (primary N) is 3. The summed E-state index contributed by atoms with van der Waals surface area (Å²) in [6.45, 7) is 4.30. The number of hydrogen-bond donors (Lipinski definition) is 10. The van der Waals surface area contributed by atoms with Crippen molar-refractivity contribution in [3.8, 4) is 0 Å². The van der Waals surface area contributed by atoms with Crippen molar-refractivity contribution >= 4 is 47.4 Å². The average molecular weight is 693 g/mol. The molecule has 20 heteroatoms. The van der Waals surface area contributed by atoms with Crippen LogP contribution in [0.15, 0.2) is 17.5 Å². The molecule has 49 heavy (non-hydrogen) atoms. The number of guanidine groups is 1. The van der Waals surface area contributed by atoms with Crippen LogP contribution in [-0.4, -0.2) is 124 Å². The first-order valence-corrected chi connectivity index (χ1v) is 15.9. The van der Waals surface area contributed by atoms with E-state index in [2.05, 4.69) is 41.5 Å². The second-order valence-corrected chi connectivity index (χ2v) is 11.9. The van der Waals surface area contributed by atoms with Crippen LogP contribution in [0.25, 0.3) is 0 Å². The van der Waals surface area contributed by atoms with E-state index in [1.807, 2.05) is 0 Å². The second kappa shape index (κ2) is 19.5. The Morgan fingerprint density at radius 2 is 1.71 bits per heavy atom. The van der Waals surface area contributed by atoms with Crippen molar-refractivity contribution in [2.24, 2.45) is 28.1 Å². The van der Waals surface area contributed by atoms with Crippen LogP contribution >= 0.6 is 0 Å². The first-order chi connectivity index (χ1) is 23.1. The summed E-state index contributed by atoms with van der Waals surface area (Å²) >= 11 is 0. The molecule has 5 atom stereocenters. The summed E-state index contributed by atoms with van der Waals surface area (Å²) in [4.78, 5) is 101. The van der Waals surface area contributed by atoms with E-state index in [1.54, 1.807) is 13.8 Å². The van der Waals surface area contributed by atoms with Crippen LogP contribution in [0.3, 0.4) is 0 Å². The molecule has 2 heterocycles. The predicted octanol–water partition coefficient (Wildman–Crippen LogP) is -4.23. The van der Waals surface area contributed by atoms with Gasteiger partial charge in [0.2, 0.25) is 35.4 Å². The summed E-state index contributed by atoms with van der Waals surface area (Å²) in [5.74, 6) is -5.76. The Kier molecular flexibility index (Phi) is 15.9. The number of carbonyl (C=O) groups is 7. The lowest BCUT2D eigenvalue weighted by atomic mass is 10.0. The number of carbonyl (C=O) groups excluding carboxylic acids is 6. The Morgan fingerprint density at radius 1 is 1.00 bits per heavy atom. The van der Waals surface area contributed by atoms with Gasteiger partial charge in [-0.3, -0.25) is 38.6 Å². The monoisotopic (exact) mass is 692 g/mol. The third-order valence-corrected chi connectivity index (χ3v) is 7.65. The lowest BCUT2D eigenvalue weighted by molar-refractivity contribution is -0.139. The number of aromatic nitrogens is 2. The number of rotatable bonds is 19. The van der Waals surface area contributed by atoms with Crippen molar-refractivity contribution in [3.63, 3.8) is 0 Å². The Morgan fingerprint density at radius 3 is 2.31 bits per heavy atom. The van der Waals surface area contributed by atoms with E-state index >= 15 is 0 Å². The third-order valence-electron chi connectivity index (χ3n) is 7.65. The normalized spacial score (nSPS) is 16.4. The smallest absolute Gasteiger partial charge is 0.322 e. The molecule has 1 aromatic rings. The molecule has 272 valence electrons. The molecule has 0 saturated carbocycles. The van der Waals surface area contributed by atoms with Gasteiger partial charge in [-0.25, -0.2) is 4.98 Å². The minimum Gasteiger partial charge on any atom is -0.480 e. The Hall–Kier alpha value is -5.27. The van der Waals surface area contributed by atoms with Crippen LogP contribution in [0.2, 0.25) is 0 Å². The number of carboxylic acids is 1. The van der Waals surface area contributed by atoms with Gasteiger partial charge in [-0.1, -0.05) is 13.8 Å². The maximum atomic E-state index is 13.5. The zero-order valence-electron chi connectivity index (χ0n) is 27.9. The molecule has 0 radical (unpaired) electrons. The minimum atomic E-state index is -1.28. The number of carboxylic acid groups (broad SMARTS) is 1. The molecule has 1 aliphatic rings. The van der Waals surface area contributed by atoms with Crippen LogP contribution < -0.4 is 43.8 Å². The molecular weight excluding hydrogens is 644 g/mol. The summed E-state index contributed by atoms with van der Waals surface area (Å²) in [7, 11) is 0. The molecule has 13 N–H and O–H groups in total. The highest BCUT2D eigenvalue weighted by Crippen LogP contribution is 2.18. The highest BCUT2D eigenvalue weighted by Gasteiger charge is 2.36. The van der Waals surface area contributed by atoms with Crippen LogP contribution in [-0.2, 0) is 40.0 Å². The number of nitrogens with zero attached hydrogens (tertiary/aromatic N) is 3. The fourth-order valence-corrected chi connectivity index (χ4v) is 5.06. The quantitative estimate of drug-likeness (QED) is 0.0375. The lowest BCUT2D eigenvalue weighted by Crippen LogP contribution is -2.60. The van der Waals surface area contributed by atoms with Gasteiger partial charge in [-0.15, -0.1) is 0 Å². The zero-order chi connectivity index (χ0) is 36.7. The average Bonchev–Trinajstić information content (AvgIpc) is 3.75. The molecule has 20 nitrogen and oxygen atoms in total. The SMILES string of the molecule is CC(C)[C@H](NC(=O)[C@H](CCCN=C(N)N)NC(=O)[C@@H]1CCCN1C(=O)CN)C(=O)N[C@@H](C)C(=O)N[C@@H](Cc1cnc[nH]1)C(=O)NCC(=O)O. The topological polar surface area (TPSA) is 322 Å². The van der Waals surface area contributed by atoms with E-state index < -0.39 is 84.1 Å². The number of H-pyrrole nitrogens is 1. The van der Waals surface area contributed by atoms with Gasteiger partial charge in [0.05, 0.1) is 12.9 Å². The molecule has 6 amide bonds. The second-order valence-electron chi connectivity index (χ2n) is 11.9. The molecule has 0 aliphatic carbocycles. The highest BCUT2D eigenvalue weighted by atomic mass is 16.4. The van der Waals surface area contributed by atoms with Gasteiger partial charge in [0, 0.05) is 31.4 Å². The number of amides is 6. The van der Waals surface area contributed by atoms with E-state index in [4.69, 9.17) is 22.3 Å². The van der Waals surface area contributed by atoms with Crippen molar-refractivity contribution in [1.29, 1.82) is 0 Å². The van der Waals surface area contributed by atoms with E-state index in [9.17, 15) is 33.6 Å². The summed E-state index contributed by atoms with van der Waals surface area (Å²) in [5, 5.41) is 21.5. The fourth-order valence-electron chi connectivity index (χ4n) is 5.06. The van der Waals surface area contributed by atoms with Gasteiger partial charge in [0.1, 0.15) is 36.8 Å². The molecule has 1 saturated heterocycles. The summed E-state index contributed by atoms with van der Waals surface area (Å²) in [6.07, 6.45) is 4.13. The molecule has 2 rings (SSSR count). The Labute approximate surface area is 283 Å². The van der Waals surface area contributed by atoms with Gasteiger partial charge in [-0.05, 0) is 38.5 Å². The Bertz CT molecular complexity index is 1350. The van der Waals surface area contributed by atoms with Crippen LogP contribution in [0.5, 0.6) is 0 Å². The molecule has 1 aromatic heterocycles. The maximum absolute atomic E-state index is 13.5. The van der Waals surface area contributed by atoms with E-state index in [0.717, 1.165) is 0 Å². The summed E-state index contributed by atoms with van der Waals surface area (Å²) < 4.78 is 0. The number of likely N-dealkylation sites (tertiary alicyclic amines) is 1. The van der Waals surface area contributed by atoms with Gasteiger partial charge in [0.25, 0.3) is 0 Å². The van der Waals surface area contributed by atoms with Gasteiger partial charge >= 0.3 is 5.97 Å². The summed E-state index contributed by atoms with van der Waals surface area (Å²) in [5.41, 5.74) is 16.8.